The summed E-state index contributed by atoms with van der Waals surface area (Å²) in [4.78, 5) is 24.5. The van der Waals surface area contributed by atoms with Gasteiger partial charge in [0.2, 0.25) is 0 Å². The number of hydrogen-bond acceptors (Lipinski definition) is 2. The second-order valence-corrected chi connectivity index (χ2v) is 3.39. The summed E-state index contributed by atoms with van der Waals surface area (Å²) in [6, 6.07) is 0. The Labute approximate surface area is 89.8 Å². The molecule has 1 aliphatic heterocycles. The van der Waals surface area contributed by atoms with Crippen LogP contribution in [0.1, 0.15) is 12.8 Å². The van der Waals surface area contributed by atoms with Crippen LogP contribution in [0.2, 0.25) is 0 Å². The van der Waals surface area contributed by atoms with Gasteiger partial charge in [-0.05, 0) is 0 Å². The second-order valence-electron chi connectivity index (χ2n) is 3.39. The summed E-state index contributed by atoms with van der Waals surface area (Å²) in [5, 5.41) is 0. The van der Waals surface area contributed by atoms with Gasteiger partial charge < -0.3 is 4.90 Å². The summed E-state index contributed by atoms with van der Waals surface area (Å²) in [6.45, 7) is 8.15. The highest BCUT2D eigenvalue weighted by Gasteiger charge is 2.21. The van der Waals surface area contributed by atoms with E-state index in [1.165, 1.54) is 6.08 Å². The molecule has 3 nitrogen and oxygen atoms in total. The fourth-order valence-electron chi connectivity index (χ4n) is 1.50. The Balaban J connectivity index is 2.67. The summed E-state index contributed by atoms with van der Waals surface area (Å²) in [5.41, 5.74) is 0.527. The van der Waals surface area contributed by atoms with E-state index >= 15 is 0 Å². The van der Waals surface area contributed by atoms with Gasteiger partial charge in [-0.15, -0.1) is 0 Å². The van der Waals surface area contributed by atoms with E-state index in [0.29, 0.717) is 31.5 Å². The Kier molecular flexibility index (Phi) is 4.03. The molecule has 0 aliphatic carbocycles. The predicted molar refractivity (Wildman–Crippen MR) is 59.3 cm³/mol. The molecule has 0 saturated carbocycles. The average molecular weight is 205 g/mol. The summed E-state index contributed by atoms with van der Waals surface area (Å²) in [7, 11) is 0. The van der Waals surface area contributed by atoms with Crippen molar-refractivity contribution in [2.24, 2.45) is 0 Å². The van der Waals surface area contributed by atoms with Crippen LogP contribution in [0.15, 0.2) is 37.0 Å². The summed E-state index contributed by atoms with van der Waals surface area (Å²) in [5.74, 6) is 0.157. The van der Waals surface area contributed by atoms with E-state index in [1.54, 1.807) is 17.1 Å². The third-order valence-electron chi connectivity index (χ3n) is 2.37. The molecular formula is C12H15NO2. The third-order valence-corrected chi connectivity index (χ3v) is 2.37. The van der Waals surface area contributed by atoms with Crippen LogP contribution in [0, 0.1) is 0 Å². The Morgan fingerprint density at radius 3 is 2.33 bits per heavy atom. The van der Waals surface area contributed by atoms with Crippen LogP contribution < -0.4 is 0 Å². The Bertz CT molecular complexity index is 319. The molecule has 80 valence electrons. The van der Waals surface area contributed by atoms with Gasteiger partial charge in [-0.2, -0.15) is 0 Å². The van der Waals surface area contributed by atoms with Crippen LogP contribution in [0.3, 0.4) is 0 Å². The normalized spacial score (nSPS) is 17.5. The number of carbonyl (C=O) groups is 2. The SMILES string of the molecule is C=C/C=C(\C=C)C(=O)N1CCC(=O)CC1. The van der Waals surface area contributed by atoms with Crippen LogP contribution >= 0.6 is 0 Å². The molecule has 0 spiro atoms. The quantitative estimate of drug-likeness (QED) is 0.517. The number of ketones is 1. The topological polar surface area (TPSA) is 37.4 Å². The number of amides is 1. The minimum absolute atomic E-state index is 0.0719. The van der Waals surface area contributed by atoms with Crippen molar-refractivity contribution < 1.29 is 9.59 Å². The maximum Gasteiger partial charge on any atom is 0.253 e. The smallest absolute Gasteiger partial charge is 0.253 e. The number of allylic oxidation sites excluding steroid dienone is 2. The van der Waals surface area contributed by atoms with E-state index < -0.39 is 0 Å². The van der Waals surface area contributed by atoms with E-state index in [1.807, 2.05) is 0 Å². The van der Waals surface area contributed by atoms with Gasteiger partial charge in [-0.1, -0.05) is 31.4 Å². The molecule has 1 saturated heterocycles. The molecule has 0 aromatic rings. The highest BCUT2D eigenvalue weighted by Crippen LogP contribution is 2.10. The van der Waals surface area contributed by atoms with Gasteiger partial charge in [-0.25, -0.2) is 0 Å². The summed E-state index contributed by atoms with van der Waals surface area (Å²) < 4.78 is 0. The molecule has 0 N–H and O–H groups in total. The third kappa shape index (κ3) is 2.91. The molecule has 1 rings (SSSR count). The van der Waals surface area contributed by atoms with Crippen LogP contribution in [0.25, 0.3) is 0 Å². The number of likely N-dealkylation sites (tertiary alicyclic amines) is 1. The fourth-order valence-corrected chi connectivity index (χ4v) is 1.50. The second kappa shape index (κ2) is 5.29. The molecule has 0 unspecified atom stereocenters. The van der Waals surface area contributed by atoms with Gasteiger partial charge in [-0.3, -0.25) is 9.59 Å². The molecule has 0 bridgehead atoms. The maximum absolute atomic E-state index is 11.9. The van der Waals surface area contributed by atoms with Gasteiger partial charge in [0, 0.05) is 31.5 Å². The van der Waals surface area contributed by atoms with Crippen LogP contribution in [-0.2, 0) is 9.59 Å². The van der Waals surface area contributed by atoms with E-state index in [2.05, 4.69) is 13.2 Å². The highest BCUT2D eigenvalue weighted by molar-refractivity contribution is 5.97. The molecule has 1 aliphatic rings. The molecule has 0 radical (unpaired) electrons. The van der Waals surface area contributed by atoms with Crippen molar-refractivity contribution in [1.29, 1.82) is 0 Å². The lowest BCUT2D eigenvalue weighted by Gasteiger charge is -2.26. The zero-order valence-electron chi connectivity index (χ0n) is 8.74. The molecule has 1 heterocycles. The van der Waals surface area contributed by atoms with Gasteiger partial charge in [0.25, 0.3) is 5.91 Å². The first-order valence-electron chi connectivity index (χ1n) is 4.95. The molecule has 0 aromatic heterocycles. The number of hydrogen-bond donors (Lipinski definition) is 0. The molecule has 0 aromatic carbocycles. The first-order chi connectivity index (χ1) is 7.19. The highest BCUT2D eigenvalue weighted by atomic mass is 16.2. The molecule has 3 heteroatoms. The lowest BCUT2D eigenvalue weighted by atomic mass is 10.1. The predicted octanol–water partition coefficient (Wildman–Crippen LogP) is 1.48. The zero-order chi connectivity index (χ0) is 11.3. The van der Waals surface area contributed by atoms with E-state index in [-0.39, 0.29) is 11.7 Å². The fraction of sp³-hybridized carbons (Fsp3) is 0.333. The molecule has 15 heavy (non-hydrogen) atoms. The first kappa shape index (κ1) is 11.4. The van der Waals surface area contributed by atoms with E-state index in [9.17, 15) is 9.59 Å². The largest absolute Gasteiger partial charge is 0.338 e. The van der Waals surface area contributed by atoms with Crippen molar-refractivity contribution in [3.8, 4) is 0 Å². The van der Waals surface area contributed by atoms with Crippen LogP contribution in [-0.4, -0.2) is 29.7 Å². The molecule has 1 amide bonds. The van der Waals surface area contributed by atoms with Crippen LogP contribution in [0.4, 0.5) is 0 Å². The standard InChI is InChI=1S/C12H15NO2/c1-3-5-10(4-2)12(15)13-8-6-11(14)7-9-13/h3-5H,1-2,6-9H2/b10-5+. The van der Waals surface area contributed by atoms with Gasteiger partial charge >= 0.3 is 0 Å². The monoisotopic (exact) mass is 205 g/mol. The minimum Gasteiger partial charge on any atom is -0.338 e. The van der Waals surface area contributed by atoms with Crippen molar-refractivity contribution >= 4 is 11.7 Å². The Hall–Kier alpha value is -1.64. The average Bonchev–Trinajstić information content (AvgIpc) is 2.26. The van der Waals surface area contributed by atoms with Gasteiger partial charge in [0.15, 0.2) is 0 Å². The van der Waals surface area contributed by atoms with Gasteiger partial charge in [0.05, 0.1) is 0 Å². The van der Waals surface area contributed by atoms with Gasteiger partial charge in [0.1, 0.15) is 5.78 Å². The Morgan fingerprint density at radius 1 is 1.27 bits per heavy atom. The van der Waals surface area contributed by atoms with E-state index in [0.717, 1.165) is 0 Å². The summed E-state index contributed by atoms with van der Waals surface area (Å²) in [6.07, 6.45) is 5.63. The van der Waals surface area contributed by atoms with E-state index in [4.69, 9.17) is 0 Å². The van der Waals surface area contributed by atoms with Crippen molar-refractivity contribution in [2.75, 3.05) is 13.1 Å². The van der Waals surface area contributed by atoms with Crippen molar-refractivity contribution in [1.82, 2.24) is 4.90 Å². The number of Topliss-reactive ketones (excluding diaryl/α,β-unsaturated/α-hetero) is 1. The van der Waals surface area contributed by atoms with Crippen LogP contribution in [0.5, 0.6) is 0 Å². The maximum atomic E-state index is 11.9. The number of carbonyl (C=O) groups excluding carboxylic acids is 2. The number of piperidine rings is 1. The molecular weight excluding hydrogens is 190 g/mol. The van der Waals surface area contributed by atoms with Crippen molar-refractivity contribution in [3.05, 3.63) is 37.0 Å². The van der Waals surface area contributed by atoms with Crippen molar-refractivity contribution in [2.45, 2.75) is 12.8 Å². The summed E-state index contributed by atoms with van der Waals surface area (Å²) >= 11 is 0. The molecule has 1 fully saturated rings. The first-order valence-corrected chi connectivity index (χ1v) is 4.95. The minimum atomic E-state index is -0.0719. The zero-order valence-corrected chi connectivity index (χ0v) is 8.74. The Morgan fingerprint density at radius 2 is 1.87 bits per heavy atom. The number of nitrogens with zero attached hydrogens (tertiary/aromatic N) is 1. The molecule has 0 atom stereocenters. The number of rotatable bonds is 3. The lowest BCUT2D eigenvalue weighted by molar-refractivity contribution is -0.131. The van der Waals surface area contributed by atoms with Crippen molar-refractivity contribution in [3.63, 3.8) is 0 Å². The lowest BCUT2D eigenvalue weighted by Crippen LogP contribution is -2.39.